The third-order valence-electron chi connectivity index (χ3n) is 6.08. The molecule has 152 valence electrons. The zero-order valence-electron chi connectivity index (χ0n) is 18.3. The van der Waals surface area contributed by atoms with Crippen LogP contribution in [0.5, 0.6) is 0 Å². The fourth-order valence-corrected chi connectivity index (χ4v) is 16.3. The first-order valence-corrected chi connectivity index (χ1v) is 17.8. The second-order valence-electron chi connectivity index (χ2n) is 8.56. The van der Waals surface area contributed by atoms with E-state index in [-0.39, 0.29) is 6.10 Å². The molecule has 0 saturated carbocycles. The summed E-state index contributed by atoms with van der Waals surface area (Å²) in [5, 5.41) is 16.7. The van der Waals surface area contributed by atoms with Gasteiger partial charge in [-0.15, -0.1) is 0 Å². The molecular weight excluding hydrogens is 365 g/mol. The topological polar surface area (TPSA) is 20.2 Å². The number of rotatable bonds is 19. The molecule has 0 aromatic heterocycles. The van der Waals surface area contributed by atoms with Gasteiger partial charge in [-0.05, 0) is 0 Å². The van der Waals surface area contributed by atoms with Crippen LogP contribution in [0.15, 0.2) is 0 Å². The average molecular weight is 415 g/mol. The third kappa shape index (κ3) is 14.3. The van der Waals surface area contributed by atoms with Crippen LogP contribution in [0.1, 0.15) is 118 Å². The van der Waals surface area contributed by atoms with Crippen LogP contribution >= 0.6 is 0 Å². The molecule has 0 aromatic rings. The van der Waals surface area contributed by atoms with Crippen LogP contribution in [0.2, 0.25) is 21.0 Å². The molecule has 0 aromatic carbocycles. The van der Waals surface area contributed by atoms with Crippen LogP contribution in [-0.4, -0.2) is 24.5 Å². The van der Waals surface area contributed by atoms with Crippen LogP contribution < -0.4 is 0 Å². The number of unbranched alkanes of at least 4 members (excludes halogenated alkanes) is 8. The average Bonchev–Trinajstić information content (AvgIpc) is 2.63. The fourth-order valence-electron chi connectivity index (χ4n) is 4.18. The number of hydrogen-bond acceptors (Lipinski definition) is 1. The van der Waals surface area contributed by atoms with Gasteiger partial charge in [-0.3, -0.25) is 0 Å². The summed E-state index contributed by atoms with van der Waals surface area (Å²) in [7, 11) is 0. The summed E-state index contributed by atoms with van der Waals surface area (Å²) in [5.74, 6) is 0. The minimum absolute atomic E-state index is 0.0129. The maximum atomic E-state index is 10.5. The molecule has 0 aliphatic carbocycles. The van der Waals surface area contributed by atoms with Crippen molar-refractivity contribution in [1.29, 1.82) is 0 Å². The molecule has 0 amide bonds. The van der Waals surface area contributed by atoms with Crippen molar-refractivity contribution in [3.05, 3.63) is 0 Å². The van der Waals surface area contributed by atoms with Crippen molar-refractivity contribution in [1.82, 2.24) is 0 Å². The number of aliphatic hydroxyl groups is 1. The van der Waals surface area contributed by atoms with Gasteiger partial charge >= 0.3 is 163 Å². The Kier molecular flexibility index (Phi) is 18.3. The fraction of sp³-hybridized carbons (Fsp3) is 1.00. The van der Waals surface area contributed by atoms with E-state index in [0.29, 0.717) is 0 Å². The summed E-state index contributed by atoms with van der Waals surface area (Å²) in [5.41, 5.74) is 0. The molecule has 0 heterocycles. The first kappa shape index (κ1) is 25.5. The summed E-state index contributed by atoms with van der Waals surface area (Å²) >= 11 is -1.73. The van der Waals surface area contributed by atoms with Gasteiger partial charge in [-0.1, -0.05) is 0 Å². The Bertz CT molecular complexity index is 245. The molecule has 1 nitrogen and oxygen atoms in total. The van der Waals surface area contributed by atoms with Gasteiger partial charge in [-0.2, -0.15) is 0 Å². The molecule has 0 radical (unpaired) electrons. The standard InChI is InChI=1S/C23H50GeO/c1-5-9-13-14-15-16-17-23(25)18-22-24(19-10-6-2,20-11-7-3)21-12-8-4/h23,25H,5-22H2,1-4H3. The van der Waals surface area contributed by atoms with Gasteiger partial charge in [0, 0.05) is 0 Å². The van der Waals surface area contributed by atoms with E-state index in [4.69, 9.17) is 0 Å². The Morgan fingerprint density at radius 1 is 0.520 bits per heavy atom. The quantitative estimate of drug-likeness (QED) is 0.166. The zero-order chi connectivity index (χ0) is 18.8. The molecule has 1 N–H and O–H groups in total. The normalized spacial score (nSPS) is 13.3. The molecule has 0 aliphatic heterocycles. The van der Waals surface area contributed by atoms with Crippen molar-refractivity contribution >= 4 is 13.3 Å². The summed E-state index contributed by atoms with van der Waals surface area (Å²) in [6.07, 6.45) is 18.6. The van der Waals surface area contributed by atoms with E-state index in [1.807, 2.05) is 0 Å². The van der Waals surface area contributed by atoms with Crippen molar-refractivity contribution in [2.75, 3.05) is 0 Å². The first-order valence-electron chi connectivity index (χ1n) is 11.8. The zero-order valence-corrected chi connectivity index (χ0v) is 20.4. The molecule has 0 bridgehead atoms. The summed E-state index contributed by atoms with van der Waals surface area (Å²) in [6, 6.07) is 0. The Balaban J connectivity index is 4.30. The van der Waals surface area contributed by atoms with Crippen LogP contribution in [0.25, 0.3) is 0 Å². The van der Waals surface area contributed by atoms with Crippen molar-refractivity contribution in [3.8, 4) is 0 Å². The predicted octanol–water partition coefficient (Wildman–Crippen LogP) is 8.34. The van der Waals surface area contributed by atoms with Crippen LogP contribution in [0, 0.1) is 0 Å². The summed E-state index contributed by atoms with van der Waals surface area (Å²) in [6.45, 7) is 9.32. The Morgan fingerprint density at radius 3 is 1.44 bits per heavy atom. The SMILES string of the molecule is CCCCCCCCC(O)C[CH2][Ge]([CH2]CCC)([CH2]CCC)[CH2]CCC. The molecule has 0 aliphatic rings. The Hall–Kier alpha value is 0.503. The monoisotopic (exact) mass is 416 g/mol. The minimum atomic E-state index is -1.73. The van der Waals surface area contributed by atoms with Gasteiger partial charge in [0.1, 0.15) is 0 Å². The molecule has 1 unspecified atom stereocenters. The molecule has 0 fully saturated rings. The summed E-state index contributed by atoms with van der Waals surface area (Å²) in [4.78, 5) is 0. The van der Waals surface area contributed by atoms with Gasteiger partial charge in [0.2, 0.25) is 0 Å². The predicted molar refractivity (Wildman–Crippen MR) is 118 cm³/mol. The molecular formula is C23H50GeO. The van der Waals surface area contributed by atoms with Gasteiger partial charge in [-0.25, -0.2) is 0 Å². The Morgan fingerprint density at radius 2 is 0.960 bits per heavy atom. The van der Waals surface area contributed by atoms with Gasteiger partial charge in [0.25, 0.3) is 0 Å². The van der Waals surface area contributed by atoms with E-state index in [2.05, 4.69) is 27.7 Å². The van der Waals surface area contributed by atoms with Crippen LogP contribution in [0.3, 0.4) is 0 Å². The molecule has 25 heavy (non-hydrogen) atoms. The van der Waals surface area contributed by atoms with E-state index in [0.717, 1.165) is 12.8 Å². The number of hydrogen-bond donors (Lipinski definition) is 1. The Labute approximate surface area is 163 Å². The van der Waals surface area contributed by atoms with Crippen molar-refractivity contribution in [3.63, 3.8) is 0 Å². The van der Waals surface area contributed by atoms with Crippen LogP contribution in [0.4, 0.5) is 0 Å². The van der Waals surface area contributed by atoms with Gasteiger partial charge < -0.3 is 0 Å². The van der Waals surface area contributed by atoms with E-state index in [1.165, 1.54) is 82.3 Å². The maximum absolute atomic E-state index is 10.5. The molecule has 0 spiro atoms. The van der Waals surface area contributed by atoms with Gasteiger partial charge in [0.15, 0.2) is 0 Å². The van der Waals surface area contributed by atoms with Crippen molar-refractivity contribution in [2.45, 2.75) is 145 Å². The number of aliphatic hydroxyl groups excluding tert-OH is 1. The second-order valence-corrected chi connectivity index (χ2v) is 19.0. The van der Waals surface area contributed by atoms with E-state index >= 15 is 0 Å². The van der Waals surface area contributed by atoms with Crippen molar-refractivity contribution < 1.29 is 5.11 Å². The van der Waals surface area contributed by atoms with Gasteiger partial charge in [0.05, 0.1) is 0 Å². The third-order valence-corrected chi connectivity index (χ3v) is 17.8. The van der Waals surface area contributed by atoms with E-state index in [9.17, 15) is 5.11 Å². The molecule has 2 heteroatoms. The second kappa shape index (κ2) is 17.9. The van der Waals surface area contributed by atoms with E-state index in [1.54, 1.807) is 15.8 Å². The first-order chi connectivity index (χ1) is 12.1. The van der Waals surface area contributed by atoms with E-state index < -0.39 is 13.3 Å². The summed E-state index contributed by atoms with van der Waals surface area (Å²) < 4.78 is 0. The molecule has 0 saturated heterocycles. The van der Waals surface area contributed by atoms with Crippen molar-refractivity contribution in [2.24, 2.45) is 0 Å². The molecule has 0 rings (SSSR count). The molecule has 1 atom stereocenters. The van der Waals surface area contributed by atoms with Crippen LogP contribution in [-0.2, 0) is 0 Å².